The minimum absolute atomic E-state index is 0.378. The first kappa shape index (κ1) is 26.2. The van der Waals surface area contributed by atoms with Gasteiger partial charge in [-0.2, -0.15) is 13.2 Å². The maximum Gasteiger partial charge on any atom is 0.490 e. The minimum Gasteiger partial charge on any atom is -0.497 e. The zero-order valence-electron chi connectivity index (χ0n) is 18.6. The number of methoxy groups -OCH3 is 1. The zero-order valence-corrected chi connectivity index (χ0v) is 19.4. The molecule has 14 heteroatoms. The van der Waals surface area contributed by atoms with Crippen molar-refractivity contribution in [2.24, 2.45) is 5.73 Å². The number of hydrogen-bond donors (Lipinski definition) is 4. The molecule has 2 heterocycles. The normalized spacial score (nSPS) is 11.1. The Morgan fingerprint density at radius 1 is 1.17 bits per heavy atom. The van der Waals surface area contributed by atoms with Crippen molar-refractivity contribution in [1.29, 1.82) is 5.41 Å². The van der Waals surface area contributed by atoms with Crippen molar-refractivity contribution >= 4 is 51.2 Å². The predicted octanol–water partition coefficient (Wildman–Crippen LogP) is 3.80. The van der Waals surface area contributed by atoms with Crippen LogP contribution in [-0.2, 0) is 4.79 Å². The van der Waals surface area contributed by atoms with Crippen LogP contribution in [-0.4, -0.2) is 50.8 Å². The molecule has 0 radical (unpaired) electrons. The molecule has 0 aliphatic rings. The standard InChI is InChI=1S/C20H17ClN6O2.C2HF3O2/c1-10-17(19(28)26-20(22)23)14-8-12(29-2)4-6-16(14)27(10)18-13-7-11(21)3-5-15(13)24-9-25-18;3-2(4,5)1(6)7/h3-9H,1-2H3,(H4,22,23,26,28);(H,6,7). The SMILES string of the molecule is COc1ccc2c(c1)c(C(=O)NC(=N)N)c(C)n2-c1ncnc2ccc(Cl)cc12.O=C(O)C(F)(F)F. The topological polar surface area (TPSA) is 156 Å². The largest absolute Gasteiger partial charge is 0.497 e. The highest BCUT2D eigenvalue weighted by Gasteiger charge is 2.38. The molecule has 0 unspecified atom stereocenters. The zero-order chi connectivity index (χ0) is 26.8. The van der Waals surface area contributed by atoms with Gasteiger partial charge in [0.25, 0.3) is 5.91 Å². The molecule has 0 aliphatic carbocycles. The number of nitrogens with one attached hydrogen (secondary N) is 2. The Labute approximate surface area is 206 Å². The van der Waals surface area contributed by atoms with Gasteiger partial charge in [-0.05, 0) is 43.3 Å². The van der Waals surface area contributed by atoms with E-state index in [1.165, 1.54) is 6.33 Å². The van der Waals surface area contributed by atoms with Gasteiger partial charge in [0.05, 0.1) is 23.7 Å². The second kappa shape index (κ2) is 10.1. The molecular weight excluding hydrogens is 505 g/mol. The molecule has 0 saturated carbocycles. The number of aliphatic carboxylic acids is 1. The molecule has 0 saturated heterocycles. The number of alkyl halides is 3. The van der Waals surface area contributed by atoms with Crippen molar-refractivity contribution in [3.05, 3.63) is 59.0 Å². The highest BCUT2D eigenvalue weighted by atomic mass is 35.5. The molecule has 1 amide bonds. The summed E-state index contributed by atoms with van der Waals surface area (Å²) in [5.41, 5.74) is 7.86. The number of carboxylic acids is 1. The lowest BCUT2D eigenvalue weighted by molar-refractivity contribution is -0.192. The number of rotatable bonds is 3. The Bertz CT molecular complexity index is 1500. The first-order chi connectivity index (χ1) is 16.8. The highest BCUT2D eigenvalue weighted by molar-refractivity contribution is 6.31. The van der Waals surface area contributed by atoms with E-state index in [9.17, 15) is 18.0 Å². The summed E-state index contributed by atoms with van der Waals surface area (Å²) in [6, 6.07) is 10.8. The number of fused-ring (bicyclic) bond motifs is 2. The Kier molecular flexibility index (Phi) is 7.34. The third-order valence-corrected chi connectivity index (χ3v) is 5.15. The summed E-state index contributed by atoms with van der Waals surface area (Å²) in [6.45, 7) is 1.81. The van der Waals surface area contributed by atoms with E-state index in [1.807, 2.05) is 16.7 Å². The van der Waals surface area contributed by atoms with Crippen LogP contribution in [0.4, 0.5) is 13.2 Å². The van der Waals surface area contributed by atoms with E-state index in [1.54, 1.807) is 38.3 Å². The first-order valence-corrected chi connectivity index (χ1v) is 10.3. The van der Waals surface area contributed by atoms with Gasteiger partial charge in [0.2, 0.25) is 0 Å². The second-order valence-electron chi connectivity index (χ2n) is 7.21. The summed E-state index contributed by atoms with van der Waals surface area (Å²) < 4.78 is 38.9. The van der Waals surface area contributed by atoms with Crippen LogP contribution in [0.1, 0.15) is 16.1 Å². The van der Waals surface area contributed by atoms with Gasteiger partial charge in [-0.3, -0.25) is 20.1 Å². The van der Waals surface area contributed by atoms with Gasteiger partial charge in [0.15, 0.2) is 5.96 Å². The summed E-state index contributed by atoms with van der Waals surface area (Å²) in [4.78, 5) is 30.5. The van der Waals surface area contributed by atoms with Crippen molar-refractivity contribution < 1.29 is 32.6 Å². The van der Waals surface area contributed by atoms with Gasteiger partial charge in [-0.1, -0.05) is 11.6 Å². The quantitative estimate of drug-likeness (QED) is 0.235. The lowest BCUT2D eigenvalue weighted by Gasteiger charge is -2.11. The molecule has 5 N–H and O–H groups in total. The molecule has 0 atom stereocenters. The summed E-state index contributed by atoms with van der Waals surface area (Å²) in [5.74, 6) is -2.48. The van der Waals surface area contributed by atoms with Crippen LogP contribution in [0.5, 0.6) is 5.75 Å². The molecule has 0 aliphatic heterocycles. The fourth-order valence-corrected chi connectivity index (χ4v) is 3.63. The van der Waals surface area contributed by atoms with E-state index in [2.05, 4.69) is 15.3 Å². The predicted molar refractivity (Wildman–Crippen MR) is 126 cm³/mol. The molecule has 36 heavy (non-hydrogen) atoms. The number of ether oxygens (including phenoxy) is 1. The van der Waals surface area contributed by atoms with Crippen LogP contribution in [0.25, 0.3) is 27.6 Å². The summed E-state index contributed by atoms with van der Waals surface area (Å²) in [7, 11) is 1.56. The van der Waals surface area contributed by atoms with Gasteiger partial charge in [0.1, 0.15) is 17.9 Å². The number of carbonyl (C=O) groups is 2. The number of carboxylic acid groups (broad SMARTS) is 1. The van der Waals surface area contributed by atoms with Crippen molar-refractivity contribution in [3.63, 3.8) is 0 Å². The van der Waals surface area contributed by atoms with E-state index < -0.39 is 24.0 Å². The number of guanidine groups is 1. The van der Waals surface area contributed by atoms with Gasteiger partial charge in [-0.25, -0.2) is 14.8 Å². The van der Waals surface area contributed by atoms with Crippen LogP contribution in [0.2, 0.25) is 5.02 Å². The number of amides is 1. The number of nitrogens with zero attached hydrogens (tertiary/aromatic N) is 3. The maximum absolute atomic E-state index is 12.8. The lowest BCUT2D eigenvalue weighted by atomic mass is 10.1. The number of hydrogen-bond acceptors (Lipinski definition) is 6. The summed E-state index contributed by atoms with van der Waals surface area (Å²) in [6.07, 6.45) is -3.62. The molecule has 0 bridgehead atoms. The number of aromatic nitrogens is 3. The van der Waals surface area contributed by atoms with Gasteiger partial charge < -0.3 is 15.6 Å². The molecule has 0 spiro atoms. The summed E-state index contributed by atoms with van der Waals surface area (Å²) in [5, 5.41) is 18.8. The fourth-order valence-electron chi connectivity index (χ4n) is 3.46. The van der Waals surface area contributed by atoms with Crippen molar-refractivity contribution in [3.8, 4) is 11.6 Å². The average Bonchev–Trinajstić information content (AvgIpc) is 3.08. The molecule has 188 valence electrons. The van der Waals surface area contributed by atoms with E-state index in [-0.39, 0.29) is 0 Å². The van der Waals surface area contributed by atoms with Crippen molar-refractivity contribution in [2.75, 3.05) is 7.11 Å². The van der Waals surface area contributed by atoms with Crippen LogP contribution >= 0.6 is 11.6 Å². The van der Waals surface area contributed by atoms with Crippen LogP contribution in [0.15, 0.2) is 42.7 Å². The van der Waals surface area contributed by atoms with Crippen LogP contribution in [0, 0.1) is 12.3 Å². The van der Waals surface area contributed by atoms with Gasteiger partial charge in [-0.15, -0.1) is 0 Å². The van der Waals surface area contributed by atoms with E-state index in [4.69, 9.17) is 37.4 Å². The van der Waals surface area contributed by atoms with Gasteiger partial charge in [0, 0.05) is 21.5 Å². The number of nitrogens with two attached hydrogens (primary N) is 1. The smallest absolute Gasteiger partial charge is 0.490 e. The minimum atomic E-state index is -5.08. The molecule has 2 aromatic carbocycles. The molecule has 4 rings (SSSR count). The van der Waals surface area contributed by atoms with E-state index in [0.29, 0.717) is 33.2 Å². The van der Waals surface area contributed by atoms with Crippen LogP contribution in [0.3, 0.4) is 0 Å². The summed E-state index contributed by atoms with van der Waals surface area (Å²) >= 11 is 6.21. The van der Waals surface area contributed by atoms with Crippen molar-refractivity contribution in [1.82, 2.24) is 19.9 Å². The number of benzene rings is 2. The second-order valence-corrected chi connectivity index (χ2v) is 7.64. The van der Waals surface area contributed by atoms with Gasteiger partial charge >= 0.3 is 12.1 Å². The monoisotopic (exact) mass is 522 g/mol. The maximum atomic E-state index is 12.8. The molecule has 0 fully saturated rings. The molecule has 10 nitrogen and oxygen atoms in total. The Balaban J connectivity index is 0.000000454. The molecule has 2 aromatic heterocycles. The lowest BCUT2D eigenvalue weighted by Crippen LogP contribution is -2.36. The van der Waals surface area contributed by atoms with E-state index >= 15 is 0 Å². The third-order valence-electron chi connectivity index (χ3n) is 4.92. The number of halogens is 4. The van der Waals surface area contributed by atoms with Crippen LogP contribution < -0.4 is 15.8 Å². The first-order valence-electron chi connectivity index (χ1n) is 9.90. The van der Waals surface area contributed by atoms with E-state index in [0.717, 1.165) is 16.4 Å². The number of carbonyl (C=O) groups excluding carboxylic acids is 1. The highest BCUT2D eigenvalue weighted by Crippen LogP contribution is 2.33. The van der Waals surface area contributed by atoms with Crippen molar-refractivity contribution in [2.45, 2.75) is 13.1 Å². The Hall–Kier alpha value is -4.39. The fraction of sp³-hybridized carbons (Fsp3) is 0.136. The average molecular weight is 523 g/mol. The Morgan fingerprint density at radius 2 is 1.83 bits per heavy atom. The molecular formula is C22H18ClF3N6O4. The third kappa shape index (κ3) is 5.30. The molecule has 4 aromatic rings. The Morgan fingerprint density at radius 3 is 2.42 bits per heavy atom.